The zero-order valence-electron chi connectivity index (χ0n) is 12.0. The Kier molecular flexibility index (Phi) is 5.81. The lowest BCUT2D eigenvalue weighted by Crippen LogP contribution is -2.14. The van der Waals surface area contributed by atoms with E-state index in [0.29, 0.717) is 17.9 Å². The van der Waals surface area contributed by atoms with Crippen molar-refractivity contribution in [3.63, 3.8) is 0 Å². The second-order valence-corrected chi connectivity index (χ2v) is 4.98. The third-order valence-electron chi connectivity index (χ3n) is 3.31. The van der Waals surface area contributed by atoms with E-state index in [1.165, 1.54) is 31.7 Å². The van der Waals surface area contributed by atoms with Gasteiger partial charge in [-0.05, 0) is 37.2 Å². The Balaban J connectivity index is 1.82. The predicted octanol–water partition coefficient (Wildman–Crippen LogP) is 4.76. The molecule has 0 aliphatic carbocycles. The lowest BCUT2D eigenvalue weighted by atomic mass is 10.1. The number of hydrogen-bond acceptors (Lipinski definition) is 2. The average Bonchev–Trinajstić information content (AvgIpc) is 2.92. The van der Waals surface area contributed by atoms with Crippen molar-refractivity contribution in [3.05, 3.63) is 48.0 Å². The lowest BCUT2D eigenvalue weighted by molar-refractivity contribution is 0.484. The highest BCUT2D eigenvalue weighted by molar-refractivity contribution is 5.58. The molecule has 0 saturated heterocycles. The third-order valence-corrected chi connectivity index (χ3v) is 3.31. The molecule has 1 heterocycles. The van der Waals surface area contributed by atoms with Gasteiger partial charge in [0.05, 0.1) is 12.1 Å². The summed E-state index contributed by atoms with van der Waals surface area (Å²) in [6, 6.07) is 10.4. The summed E-state index contributed by atoms with van der Waals surface area (Å²) in [4.78, 5) is 0. The molecular formula is C17H22FNO. The monoisotopic (exact) mass is 275 g/mol. The van der Waals surface area contributed by atoms with Crippen molar-refractivity contribution in [2.45, 2.75) is 39.2 Å². The van der Waals surface area contributed by atoms with Crippen LogP contribution in [0.15, 0.2) is 40.8 Å². The first-order valence-corrected chi connectivity index (χ1v) is 7.35. The highest BCUT2D eigenvalue weighted by Crippen LogP contribution is 2.24. The molecule has 2 rings (SSSR count). The number of furan rings is 1. The van der Waals surface area contributed by atoms with Gasteiger partial charge in [0.1, 0.15) is 17.3 Å². The third kappa shape index (κ3) is 4.20. The number of benzene rings is 1. The fourth-order valence-electron chi connectivity index (χ4n) is 2.17. The van der Waals surface area contributed by atoms with Crippen LogP contribution in [0, 0.1) is 5.82 Å². The van der Waals surface area contributed by atoms with Crippen LogP contribution in [0.4, 0.5) is 4.39 Å². The summed E-state index contributed by atoms with van der Waals surface area (Å²) in [5.74, 6) is 1.19. The maximum atomic E-state index is 13.6. The number of hydrogen-bond donors (Lipinski definition) is 1. The molecule has 3 heteroatoms. The van der Waals surface area contributed by atoms with E-state index in [2.05, 4.69) is 12.2 Å². The Morgan fingerprint density at radius 1 is 1.05 bits per heavy atom. The van der Waals surface area contributed by atoms with Crippen LogP contribution in [-0.4, -0.2) is 6.54 Å². The highest BCUT2D eigenvalue weighted by atomic mass is 19.1. The number of nitrogens with one attached hydrogen (secondary N) is 1. The Morgan fingerprint density at radius 2 is 1.90 bits per heavy atom. The summed E-state index contributed by atoms with van der Waals surface area (Å²) in [6.07, 6.45) is 5.00. The minimum atomic E-state index is -0.249. The van der Waals surface area contributed by atoms with Crippen molar-refractivity contribution < 1.29 is 8.81 Å². The highest BCUT2D eigenvalue weighted by Gasteiger charge is 2.08. The summed E-state index contributed by atoms with van der Waals surface area (Å²) in [7, 11) is 0. The number of unbranched alkanes of at least 4 members (excludes halogenated alkanes) is 3. The fraction of sp³-hybridized carbons (Fsp3) is 0.412. The normalized spacial score (nSPS) is 10.9. The minimum Gasteiger partial charge on any atom is -0.460 e. The van der Waals surface area contributed by atoms with Crippen LogP contribution >= 0.6 is 0 Å². The van der Waals surface area contributed by atoms with Crippen molar-refractivity contribution in [1.82, 2.24) is 5.32 Å². The Hall–Kier alpha value is -1.61. The lowest BCUT2D eigenvalue weighted by Gasteiger charge is -2.02. The first-order chi connectivity index (χ1) is 9.81. The van der Waals surface area contributed by atoms with E-state index in [1.54, 1.807) is 12.1 Å². The summed E-state index contributed by atoms with van der Waals surface area (Å²) >= 11 is 0. The van der Waals surface area contributed by atoms with Gasteiger partial charge in [0.2, 0.25) is 0 Å². The van der Waals surface area contributed by atoms with Gasteiger partial charge in [-0.1, -0.05) is 38.3 Å². The van der Waals surface area contributed by atoms with Crippen molar-refractivity contribution in [3.8, 4) is 11.3 Å². The maximum Gasteiger partial charge on any atom is 0.137 e. The first kappa shape index (κ1) is 14.8. The molecule has 1 N–H and O–H groups in total. The van der Waals surface area contributed by atoms with Gasteiger partial charge >= 0.3 is 0 Å². The van der Waals surface area contributed by atoms with Crippen molar-refractivity contribution >= 4 is 0 Å². The van der Waals surface area contributed by atoms with Crippen molar-refractivity contribution in [2.75, 3.05) is 6.54 Å². The molecule has 0 atom stereocenters. The van der Waals surface area contributed by atoms with Gasteiger partial charge in [0.15, 0.2) is 0 Å². The molecular weight excluding hydrogens is 253 g/mol. The van der Waals surface area contributed by atoms with E-state index in [0.717, 1.165) is 12.3 Å². The van der Waals surface area contributed by atoms with E-state index in [-0.39, 0.29) is 5.82 Å². The molecule has 0 aliphatic heterocycles. The van der Waals surface area contributed by atoms with E-state index >= 15 is 0 Å². The van der Waals surface area contributed by atoms with Gasteiger partial charge in [-0.25, -0.2) is 4.39 Å². The van der Waals surface area contributed by atoms with Crippen LogP contribution in [0.25, 0.3) is 11.3 Å². The Bertz CT molecular complexity index is 521. The van der Waals surface area contributed by atoms with Gasteiger partial charge in [-0.15, -0.1) is 0 Å². The van der Waals surface area contributed by atoms with Crippen LogP contribution in [0.2, 0.25) is 0 Å². The van der Waals surface area contributed by atoms with E-state index in [9.17, 15) is 4.39 Å². The molecule has 108 valence electrons. The van der Waals surface area contributed by atoms with Crippen LogP contribution in [-0.2, 0) is 6.54 Å². The molecule has 0 spiro atoms. The SMILES string of the molecule is CCCCCCNCc1ccc(-c2ccccc2F)o1. The summed E-state index contributed by atoms with van der Waals surface area (Å²) < 4.78 is 19.3. The molecule has 1 aromatic heterocycles. The zero-order chi connectivity index (χ0) is 14.2. The second kappa shape index (κ2) is 7.85. The fourth-order valence-corrected chi connectivity index (χ4v) is 2.17. The number of halogens is 1. The summed E-state index contributed by atoms with van der Waals surface area (Å²) in [5.41, 5.74) is 0.515. The standard InChI is InChI=1S/C17H22FNO/c1-2-3-4-7-12-19-13-14-10-11-17(20-14)15-8-5-6-9-16(15)18/h5-6,8-11,19H,2-4,7,12-13H2,1H3. The summed E-state index contributed by atoms with van der Waals surface area (Å²) in [6.45, 7) is 3.90. The average molecular weight is 275 g/mol. The minimum absolute atomic E-state index is 0.249. The Morgan fingerprint density at radius 3 is 2.70 bits per heavy atom. The van der Waals surface area contributed by atoms with Gasteiger partial charge < -0.3 is 9.73 Å². The maximum absolute atomic E-state index is 13.6. The van der Waals surface area contributed by atoms with E-state index in [4.69, 9.17) is 4.42 Å². The summed E-state index contributed by atoms with van der Waals surface area (Å²) in [5, 5.41) is 3.35. The van der Waals surface area contributed by atoms with Gasteiger partial charge in [0, 0.05) is 0 Å². The zero-order valence-corrected chi connectivity index (χ0v) is 12.0. The van der Waals surface area contributed by atoms with Gasteiger partial charge in [0.25, 0.3) is 0 Å². The smallest absolute Gasteiger partial charge is 0.137 e. The van der Waals surface area contributed by atoms with Gasteiger partial charge in [-0.3, -0.25) is 0 Å². The molecule has 2 aromatic rings. The van der Waals surface area contributed by atoms with Crippen molar-refractivity contribution in [2.24, 2.45) is 0 Å². The van der Waals surface area contributed by atoms with Crippen molar-refractivity contribution in [1.29, 1.82) is 0 Å². The number of rotatable bonds is 8. The molecule has 1 aromatic carbocycles. The Labute approximate surface area is 120 Å². The molecule has 0 bridgehead atoms. The van der Waals surface area contributed by atoms with Crippen LogP contribution in [0.3, 0.4) is 0 Å². The van der Waals surface area contributed by atoms with Crippen LogP contribution < -0.4 is 5.32 Å². The first-order valence-electron chi connectivity index (χ1n) is 7.35. The molecule has 0 saturated carbocycles. The molecule has 0 radical (unpaired) electrons. The molecule has 20 heavy (non-hydrogen) atoms. The molecule has 0 unspecified atom stereocenters. The van der Waals surface area contributed by atoms with Crippen LogP contribution in [0.1, 0.15) is 38.4 Å². The quantitative estimate of drug-likeness (QED) is 0.703. The molecule has 2 nitrogen and oxygen atoms in total. The van der Waals surface area contributed by atoms with Crippen LogP contribution in [0.5, 0.6) is 0 Å². The molecule has 0 aliphatic rings. The molecule has 0 fully saturated rings. The predicted molar refractivity (Wildman–Crippen MR) is 80.0 cm³/mol. The molecule has 0 amide bonds. The van der Waals surface area contributed by atoms with E-state index < -0.39 is 0 Å². The van der Waals surface area contributed by atoms with Gasteiger partial charge in [-0.2, -0.15) is 0 Å². The topological polar surface area (TPSA) is 25.2 Å². The second-order valence-electron chi connectivity index (χ2n) is 4.98. The largest absolute Gasteiger partial charge is 0.460 e. The van der Waals surface area contributed by atoms with E-state index in [1.807, 2.05) is 18.2 Å².